The Morgan fingerprint density at radius 3 is 2.79 bits per heavy atom. The van der Waals surface area contributed by atoms with Crippen LogP contribution in [0.5, 0.6) is 5.88 Å². The summed E-state index contributed by atoms with van der Waals surface area (Å²) in [5.74, 6) is 0.472. The molecule has 2 atom stereocenters. The number of hydrogen-bond acceptors (Lipinski definition) is 4. The molecule has 0 aliphatic carbocycles. The van der Waals surface area contributed by atoms with Gasteiger partial charge in [-0.3, -0.25) is 4.98 Å². The molecule has 0 saturated carbocycles. The van der Waals surface area contributed by atoms with E-state index in [2.05, 4.69) is 9.97 Å². The minimum atomic E-state index is -0.378. The zero-order valence-electron chi connectivity index (χ0n) is 8.77. The molecule has 0 fully saturated rings. The predicted molar refractivity (Wildman–Crippen MR) is 53.3 cm³/mol. The lowest BCUT2D eigenvalue weighted by Gasteiger charge is -2.16. The van der Waals surface area contributed by atoms with Crippen LogP contribution in [0, 0.1) is 0 Å². The Kier molecular flexibility index (Phi) is 3.83. The second-order valence-corrected chi connectivity index (χ2v) is 3.25. The quantitative estimate of drug-likeness (QED) is 0.790. The standard InChI is InChI=1S/C10H16N2O2/c1-4-9(13)7(2)8-5-11-6-10(12-8)14-3/h5-7,9,13H,4H2,1-3H3. The molecule has 2 unspecified atom stereocenters. The lowest BCUT2D eigenvalue weighted by molar-refractivity contribution is 0.143. The fraction of sp³-hybridized carbons (Fsp3) is 0.600. The third kappa shape index (κ3) is 2.42. The molecule has 1 rings (SSSR count). The molecule has 0 bridgehead atoms. The topological polar surface area (TPSA) is 55.2 Å². The molecule has 0 saturated heterocycles. The van der Waals surface area contributed by atoms with Crippen LogP contribution in [0.3, 0.4) is 0 Å². The van der Waals surface area contributed by atoms with Crippen molar-refractivity contribution in [2.24, 2.45) is 0 Å². The highest BCUT2D eigenvalue weighted by molar-refractivity contribution is 5.12. The molecule has 0 aromatic carbocycles. The van der Waals surface area contributed by atoms with Crippen molar-refractivity contribution in [1.29, 1.82) is 0 Å². The zero-order chi connectivity index (χ0) is 10.6. The summed E-state index contributed by atoms with van der Waals surface area (Å²) in [4.78, 5) is 8.21. The Morgan fingerprint density at radius 2 is 2.21 bits per heavy atom. The molecule has 0 radical (unpaired) electrons. The van der Waals surface area contributed by atoms with Gasteiger partial charge in [0.25, 0.3) is 0 Å². The summed E-state index contributed by atoms with van der Waals surface area (Å²) >= 11 is 0. The molecule has 1 aromatic heterocycles. The van der Waals surface area contributed by atoms with Gasteiger partial charge in [-0.15, -0.1) is 0 Å². The maximum Gasteiger partial charge on any atom is 0.232 e. The molecule has 78 valence electrons. The van der Waals surface area contributed by atoms with Crippen molar-refractivity contribution in [3.8, 4) is 5.88 Å². The van der Waals surface area contributed by atoms with Gasteiger partial charge in [-0.25, -0.2) is 4.98 Å². The molecule has 1 N–H and O–H groups in total. The van der Waals surface area contributed by atoms with Gasteiger partial charge >= 0.3 is 0 Å². The van der Waals surface area contributed by atoms with Gasteiger partial charge in [-0.1, -0.05) is 13.8 Å². The van der Waals surface area contributed by atoms with E-state index >= 15 is 0 Å². The molecule has 0 amide bonds. The molecule has 1 aromatic rings. The number of aliphatic hydroxyl groups is 1. The highest BCUT2D eigenvalue weighted by Gasteiger charge is 2.16. The summed E-state index contributed by atoms with van der Waals surface area (Å²) in [6, 6.07) is 0. The summed E-state index contributed by atoms with van der Waals surface area (Å²) < 4.78 is 4.96. The minimum Gasteiger partial charge on any atom is -0.480 e. The van der Waals surface area contributed by atoms with Gasteiger partial charge < -0.3 is 9.84 Å². The van der Waals surface area contributed by atoms with Crippen LogP contribution in [0.2, 0.25) is 0 Å². The number of rotatable bonds is 4. The van der Waals surface area contributed by atoms with Crippen molar-refractivity contribution in [2.45, 2.75) is 32.3 Å². The number of nitrogens with zero attached hydrogens (tertiary/aromatic N) is 2. The Balaban J connectivity index is 2.83. The number of aliphatic hydroxyl groups excluding tert-OH is 1. The Hall–Kier alpha value is -1.16. The Labute approximate surface area is 84.0 Å². The predicted octanol–water partition coefficient (Wildman–Crippen LogP) is 1.36. The molecule has 14 heavy (non-hydrogen) atoms. The van der Waals surface area contributed by atoms with E-state index in [1.165, 1.54) is 0 Å². The third-order valence-corrected chi connectivity index (χ3v) is 2.30. The van der Waals surface area contributed by atoms with Crippen LogP contribution < -0.4 is 4.74 Å². The van der Waals surface area contributed by atoms with Crippen LogP contribution in [0.25, 0.3) is 0 Å². The molecular weight excluding hydrogens is 180 g/mol. The van der Waals surface area contributed by atoms with E-state index in [1.807, 2.05) is 13.8 Å². The lowest BCUT2D eigenvalue weighted by Crippen LogP contribution is -2.16. The maximum atomic E-state index is 9.63. The van der Waals surface area contributed by atoms with E-state index in [1.54, 1.807) is 19.5 Å². The molecule has 0 aliphatic heterocycles. The minimum absolute atomic E-state index is 0.0115. The van der Waals surface area contributed by atoms with Crippen molar-refractivity contribution in [3.63, 3.8) is 0 Å². The number of aromatic nitrogens is 2. The summed E-state index contributed by atoms with van der Waals surface area (Å²) in [7, 11) is 1.55. The van der Waals surface area contributed by atoms with Crippen molar-refractivity contribution >= 4 is 0 Å². The van der Waals surface area contributed by atoms with E-state index in [9.17, 15) is 5.11 Å². The van der Waals surface area contributed by atoms with E-state index in [0.717, 1.165) is 5.69 Å². The number of ether oxygens (including phenoxy) is 1. The van der Waals surface area contributed by atoms with Gasteiger partial charge in [0.2, 0.25) is 5.88 Å². The SMILES string of the molecule is CCC(O)C(C)c1cncc(OC)n1. The van der Waals surface area contributed by atoms with Gasteiger partial charge in [-0.05, 0) is 6.42 Å². The highest BCUT2D eigenvalue weighted by atomic mass is 16.5. The normalized spacial score (nSPS) is 14.9. The van der Waals surface area contributed by atoms with Gasteiger partial charge in [0.1, 0.15) is 0 Å². The first-order valence-corrected chi connectivity index (χ1v) is 4.73. The van der Waals surface area contributed by atoms with Gasteiger partial charge in [0, 0.05) is 12.1 Å². The van der Waals surface area contributed by atoms with E-state index < -0.39 is 0 Å². The van der Waals surface area contributed by atoms with Crippen LogP contribution in [-0.4, -0.2) is 28.3 Å². The molecular formula is C10H16N2O2. The van der Waals surface area contributed by atoms with Crippen molar-refractivity contribution in [2.75, 3.05) is 7.11 Å². The third-order valence-electron chi connectivity index (χ3n) is 2.30. The van der Waals surface area contributed by atoms with Crippen LogP contribution in [0.15, 0.2) is 12.4 Å². The number of methoxy groups -OCH3 is 1. The maximum absolute atomic E-state index is 9.63. The van der Waals surface area contributed by atoms with Crippen LogP contribution in [0.1, 0.15) is 31.9 Å². The Morgan fingerprint density at radius 1 is 1.50 bits per heavy atom. The van der Waals surface area contributed by atoms with Gasteiger partial charge in [0.05, 0.1) is 25.1 Å². The van der Waals surface area contributed by atoms with E-state index in [0.29, 0.717) is 12.3 Å². The highest BCUT2D eigenvalue weighted by Crippen LogP contribution is 2.19. The lowest BCUT2D eigenvalue weighted by atomic mass is 9.99. The molecule has 0 aliphatic rings. The van der Waals surface area contributed by atoms with Crippen molar-refractivity contribution in [3.05, 3.63) is 18.1 Å². The smallest absolute Gasteiger partial charge is 0.232 e. The first-order chi connectivity index (χ1) is 6.69. The first-order valence-electron chi connectivity index (χ1n) is 4.73. The van der Waals surface area contributed by atoms with Crippen molar-refractivity contribution in [1.82, 2.24) is 9.97 Å². The fourth-order valence-corrected chi connectivity index (χ4v) is 1.23. The second kappa shape index (κ2) is 4.91. The Bertz CT molecular complexity index is 291. The molecule has 4 heteroatoms. The monoisotopic (exact) mass is 196 g/mol. The van der Waals surface area contributed by atoms with E-state index in [4.69, 9.17) is 4.74 Å². The summed E-state index contributed by atoms with van der Waals surface area (Å²) in [5, 5.41) is 9.63. The van der Waals surface area contributed by atoms with Crippen molar-refractivity contribution < 1.29 is 9.84 Å². The second-order valence-electron chi connectivity index (χ2n) is 3.25. The average Bonchev–Trinajstić information content (AvgIpc) is 2.27. The first kappa shape index (κ1) is 10.9. The molecule has 1 heterocycles. The summed E-state index contributed by atoms with van der Waals surface area (Å²) in [6.45, 7) is 3.87. The van der Waals surface area contributed by atoms with Crippen LogP contribution in [0.4, 0.5) is 0 Å². The van der Waals surface area contributed by atoms with Crippen LogP contribution >= 0.6 is 0 Å². The zero-order valence-corrected chi connectivity index (χ0v) is 8.77. The fourth-order valence-electron chi connectivity index (χ4n) is 1.23. The largest absolute Gasteiger partial charge is 0.480 e. The van der Waals surface area contributed by atoms with Gasteiger partial charge in [-0.2, -0.15) is 0 Å². The molecule has 0 spiro atoms. The van der Waals surface area contributed by atoms with Gasteiger partial charge in [0.15, 0.2) is 0 Å². The van der Waals surface area contributed by atoms with Crippen LogP contribution in [-0.2, 0) is 0 Å². The number of hydrogen-bond donors (Lipinski definition) is 1. The summed E-state index contributed by atoms with van der Waals surface area (Å²) in [5.41, 5.74) is 0.763. The average molecular weight is 196 g/mol. The molecule has 4 nitrogen and oxygen atoms in total. The summed E-state index contributed by atoms with van der Waals surface area (Å²) in [6.07, 6.45) is 3.54. The van der Waals surface area contributed by atoms with E-state index in [-0.39, 0.29) is 12.0 Å².